The van der Waals surface area contributed by atoms with Crippen LogP contribution in [0.15, 0.2) is 28.8 Å². The normalized spacial score (nSPS) is 19.0. The third kappa shape index (κ3) is 4.60. The zero-order valence-corrected chi connectivity index (χ0v) is 17.1. The summed E-state index contributed by atoms with van der Waals surface area (Å²) in [5, 5.41) is 22.6. The second-order valence-corrected chi connectivity index (χ2v) is 7.66. The number of anilines is 1. The van der Waals surface area contributed by atoms with Crippen molar-refractivity contribution in [1.82, 2.24) is 9.88 Å². The SMILES string of the molecule is Cc1c(C#N)ccnc1O[C@@H]1CC[C@@H](C)N(C(=O)c2ccsc2N/N=C\C=N)C1. The highest BCUT2D eigenvalue weighted by molar-refractivity contribution is 7.14. The maximum atomic E-state index is 13.2. The van der Waals surface area contributed by atoms with E-state index in [1.54, 1.807) is 18.3 Å². The minimum Gasteiger partial charge on any atom is -0.472 e. The van der Waals surface area contributed by atoms with Crippen molar-refractivity contribution in [2.24, 2.45) is 5.10 Å². The number of piperidine rings is 1. The van der Waals surface area contributed by atoms with E-state index in [4.69, 9.17) is 10.1 Å². The van der Waals surface area contributed by atoms with Crippen molar-refractivity contribution in [3.05, 3.63) is 40.4 Å². The molecule has 2 N–H and O–H groups in total. The van der Waals surface area contributed by atoms with Gasteiger partial charge in [-0.25, -0.2) is 4.98 Å². The van der Waals surface area contributed by atoms with E-state index in [0.717, 1.165) is 19.1 Å². The van der Waals surface area contributed by atoms with Crippen LogP contribution in [0.1, 0.15) is 41.3 Å². The quantitative estimate of drug-likeness (QED) is 0.559. The van der Waals surface area contributed by atoms with Crippen molar-refractivity contribution in [2.45, 2.75) is 38.8 Å². The fraction of sp³-hybridized carbons (Fsp3) is 0.350. The fourth-order valence-electron chi connectivity index (χ4n) is 3.22. The zero-order valence-electron chi connectivity index (χ0n) is 16.3. The first-order chi connectivity index (χ1) is 14.0. The predicted molar refractivity (Wildman–Crippen MR) is 113 cm³/mol. The van der Waals surface area contributed by atoms with Crippen molar-refractivity contribution in [2.75, 3.05) is 12.0 Å². The van der Waals surface area contributed by atoms with Gasteiger partial charge in [0, 0.05) is 24.0 Å². The number of nitriles is 1. The van der Waals surface area contributed by atoms with Crippen molar-refractivity contribution >= 4 is 34.7 Å². The molecule has 0 aromatic carbocycles. The van der Waals surface area contributed by atoms with E-state index in [0.29, 0.717) is 34.1 Å². The van der Waals surface area contributed by atoms with Crippen LogP contribution in [0.5, 0.6) is 5.88 Å². The van der Waals surface area contributed by atoms with E-state index >= 15 is 0 Å². The summed E-state index contributed by atoms with van der Waals surface area (Å²) in [5.74, 6) is 0.352. The highest BCUT2D eigenvalue weighted by Gasteiger charge is 2.32. The predicted octanol–water partition coefficient (Wildman–Crippen LogP) is 3.44. The van der Waals surface area contributed by atoms with E-state index < -0.39 is 0 Å². The molecule has 1 amide bonds. The molecule has 2 aromatic rings. The molecule has 2 atom stereocenters. The van der Waals surface area contributed by atoms with Crippen molar-refractivity contribution in [3.63, 3.8) is 0 Å². The molecule has 0 spiro atoms. The van der Waals surface area contributed by atoms with Crippen LogP contribution in [0.4, 0.5) is 5.00 Å². The van der Waals surface area contributed by atoms with E-state index in [9.17, 15) is 10.1 Å². The van der Waals surface area contributed by atoms with Gasteiger partial charge in [-0.1, -0.05) is 0 Å². The molecule has 3 heterocycles. The summed E-state index contributed by atoms with van der Waals surface area (Å²) in [6, 6.07) is 5.65. The monoisotopic (exact) mass is 410 g/mol. The first kappa shape index (κ1) is 20.5. The van der Waals surface area contributed by atoms with Crippen molar-refractivity contribution in [3.8, 4) is 11.9 Å². The van der Waals surface area contributed by atoms with Gasteiger partial charge in [-0.05, 0) is 44.2 Å². The maximum Gasteiger partial charge on any atom is 0.257 e. The van der Waals surface area contributed by atoms with Crippen LogP contribution in [0.2, 0.25) is 0 Å². The zero-order chi connectivity index (χ0) is 20.8. The molecular formula is C20H22N6O2S. The number of rotatable bonds is 6. The van der Waals surface area contributed by atoms with E-state index in [1.165, 1.54) is 17.6 Å². The lowest BCUT2D eigenvalue weighted by Gasteiger charge is -2.38. The number of pyridine rings is 1. The third-order valence-electron chi connectivity index (χ3n) is 4.87. The number of hydrogen-bond acceptors (Lipinski definition) is 8. The topological polar surface area (TPSA) is 114 Å². The van der Waals surface area contributed by atoms with Gasteiger partial charge >= 0.3 is 0 Å². The summed E-state index contributed by atoms with van der Waals surface area (Å²) < 4.78 is 6.07. The number of carbonyl (C=O) groups excluding carboxylic acids is 1. The summed E-state index contributed by atoms with van der Waals surface area (Å²) in [6.45, 7) is 4.28. The molecule has 1 aliphatic rings. The van der Waals surface area contributed by atoms with Crippen LogP contribution in [-0.4, -0.2) is 46.9 Å². The Morgan fingerprint density at radius 3 is 3.10 bits per heavy atom. The molecule has 1 saturated heterocycles. The van der Waals surface area contributed by atoms with Gasteiger partial charge < -0.3 is 15.0 Å². The molecule has 8 nitrogen and oxygen atoms in total. The lowest BCUT2D eigenvalue weighted by Crippen LogP contribution is -2.49. The largest absolute Gasteiger partial charge is 0.472 e. The Kier molecular flexibility index (Phi) is 6.57. The van der Waals surface area contributed by atoms with Crippen LogP contribution in [-0.2, 0) is 0 Å². The summed E-state index contributed by atoms with van der Waals surface area (Å²) in [4.78, 5) is 19.2. The minimum atomic E-state index is -0.193. The van der Waals surface area contributed by atoms with Crippen LogP contribution in [0.3, 0.4) is 0 Å². The number of hydrogen-bond donors (Lipinski definition) is 2. The third-order valence-corrected chi connectivity index (χ3v) is 5.69. The van der Waals surface area contributed by atoms with E-state index in [2.05, 4.69) is 21.6 Å². The molecule has 0 aliphatic carbocycles. The number of aromatic nitrogens is 1. The van der Waals surface area contributed by atoms with Crippen LogP contribution >= 0.6 is 11.3 Å². The molecule has 1 aliphatic heterocycles. The number of nitrogens with one attached hydrogen (secondary N) is 2. The molecule has 2 aromatic heterocycles. The molecule has 9 heteroatoms. The number of carbonyl (C=O) groups is 1. The molecule has 1 fully saturated rings. The standard InChI is InChI=1S/C20H22N6O2S/c1-13-3-4-16(28-18-14(2)15(11-22)5-8-23-18)12-26(13)20(27)17-6-10-29-19(17)25-24-9-7-21/h5-10,13,16,21,25H,3-4,12H2,1-2H3/b21-7?,24-9-/t13-,16-/m1/s1. The smallest absolute Gasteiger partial charge is 0.257 e. The fourth-order valence-corrected chi connectivity index (χ4v) is 3.95. The number of nitrogens with zero attached hydrogens (tertiary/aromatic N) is 4. The van der Waals surface area contributed by atoms with Gasteiger partial charge in [-0.2, -0.15) is 10.4 Å². The Bertz CT molecular complexity index is 964. The molecular weight excluding hydrogens is 388 g/mol. The number of amides is 1. The van der Waals surface area contributed by atoms with E-state index in [-0.39, 0.29) is 18.1 Å². The van der Waals surface area contributed by atoms with Crippen LogP contribution in [0, 0.1) is 23.7 Å². The van der Waals surface area contributed by atoms with Gasteiger partial charge in [0.15, 0.2) is 0 Å². The Morgan fingerprint density at radius 1 is 1.52 bits per heavy atom. The van der Waals surface area contributed by atoms with E-state index in [1.807, 2.05) is 24.1 Å². The molecule has 0 saturated carbocycles. The molecule has 29 heavy (non-hydrogen) atoms. The lowest BCUT2D eigenvalue weighted by molar-refractivity contribution is 0.0372. The summed E-state index contributed by atoms with van der Waals surface area (Å²) in [5.41, 5.74) is 4.61. The first-order valence-electron chi connectivity index (χ1n) is 9.24. The first-order valence-corrected chi connectivity index (χ1v) is 10.1. The van der Waals surface area contributed by atoms with Gasteiger partial charge in [-0.3, -0.25) is 10.2 Å². The highest BCUT2D eigenvalue weighted by Crippen LogP contribution is 2.29. The van der Waals surface area contributed by atoms with Crippen molar-refractivity contribution in [1.29, 1.82) is 10.7 Å². The Labute approximate surface area is 173 Å². The Hall–Kier alpha value is -3.25. The Balaban J connectivity index is 1.74. The molecule has 3 rings (SSSR count). The lowest BCUT2D eigenvalue weighted by atomic mass is 10.00. The molecule has 0 bridgehead atoms. The average molecular weight is 411 g/mol. The van der Waals surface area contributed by atoms with Crippen molar-refractivity contribution < 1.29 is 9.53 Å². The number of likely N-dealkylation sites (tertiary alicyclic amines) is 1. The van der Waals surface area contributed by atoms with Gasteiger partial charge in [0.05, 0.1) is 30.0 Å². The average Bonchev–Trinajstić information content (AvgIpc) is 3.19. The summed E-state index contributed by atoms with van der Waals surface area (Å²) in [7, 11) is 0. The summed E-state index contributed by atoms with van der Waals surface area (Å²) >= 11 is 1.38. The minimum absolute atomic E-state index is 0.0830. The number of hydrazone groups is 1. The second kappa shape index (κ2) is 9.30. The summed E-state index contributed by atoms with van der Waals surface area (Å²) in [6.07, 6.45) is 5.36. The number of ether oxygens (including phenoxy) is 1. The molecule has 0 unspecified atom stereocenters. The van der Waals surface area contributed by atoms with Gasteiger partial charge in [-0.15, -0.1) is 11.3 Å². The van der Waals surface area contributed by atoms with Crippen LogP contribution < -0.4 is 10.2 Å². The number of thiophene rings is 1. The Morgan fingerprint density at radius 2 is 2.34 bits per heavy atom. The van der Waals surface area contributed by atoms with Gasteiger partial charge in [0.1, 0.15) is 11.1 Å². The van der Waals surface area contributed by atoms with Crippen LogP contribution in [0.25, 0.3) is 0 Å². The van der Waals surface area contributed by atoms with Gasteiger partial charge in [0.2, 0.25) is 5.88 Å². The second-order valence-electron chi connectivity index (χ2n) is 6.74. The maximum absolute atomic E-state index is 13.2. The molecule has 0 radical (unpaired) electrons. The van der Waals surface area contributed by atoms with Gasteiger partial charge in [0.25, 0.3) is 5.91 Å². The molecule has 150 valence electrons. The highest BCUT2D eigenvalue weighted by atomic mass is 32.1.